The minimum Gasteiger partial charge on any atom is -0.480 e. The number of likely N-dealkylation sites (tertiary alicyclic amines) is 1. The topological polar surface area (TPSA) is 40.5 Å². The van der Waals surface area contributed by atoms with Crippen LogP contribution in [-0.2, 0) is 4.79 Å². The molecule has 1 heterocycles. The smallest absolute Gasteiger partial charge is 0.323 e. The highest BCUT2D eigenvalue weighted by Crippen LogP contribution is 2.36. The molecule has 3 heteroatoms. The molecule has 80 valence electrons. The zero-order valence-corrected chi connectivity index (χ0v) is 8.83. The molecule has 1 aliphatic carbocycles. The number of aliphatic carboxylic acids is 1. The Hall–Kier alpha value is -0.570. The van der Waals surface area contributed by atoms with E-state index in [1.807, 2.05) is 6.92 Å². The van der Waals surface area contributed by atoms with Crippen LogP contribution in [0, 0.1) is 0 Å². The van der Waals surface area contributed by atoms with Crippen LogP contribution < -0.4 is 0 Å². The molecule has 2 fully saturated rings. The first-order valence-corrected chi connectivity index (χ1v) is 5.65. The molecule has 0 bridgehead atoms. The highest BCUT2D eigenvalue weighted by molar-refractivity contribution is 5.78. The Balaban J connectivity index is 2.13. The Morgan fingerprint density at radius 1 is 1.36 bits per heavy atom. The summed E-state index contributed by atoms with van der Waals surface area (Å²) >= 11 is 0. The van der Waals surface area contributed by atoms with Crippen LogP contribution in [0.3, 0.4) is 0 Å². The highest BCUT2D eigenvalue weighted by atomic mass is 16.4. The van der Waals surface area contributed by atoms with Crippen molar-refractivity contribution >= 4 is 5.97 Å². The van der Waals surface area contributed by atoms with Crippen LogP contribution in [0.15, 0.2) is 0 Å². The van der Waals surface area contributed by atoms with Gasteiger partial charge in [0.25, 0.3) is 0 Å². The Morgan fingerprint density at radius 2 is 2.00 bits per heavy atom. The molecule has 1 saturated carbocycles. The van der Waals surface area contributed by atoms with Crippen molar-refractivity contribution in [3.8, 4) is 0 Å². The largest absolute Gasteiger partial charge is 0.480 e. The zero-order valence-electron chi connectivity index (χ0n) is 8.83. The second-order valence-electron chi connectivity index (χ2n) is 4.81. The van der Waals surface area contributed by atoms with Gasteiger partial charge in [0.1, 0.15) is 5.54 Å². The Morgan fingerprint density at radius 3 is 2.57 bits per heavy atom. The molecule has 1 atom stereocenters. The maximum atomic E-state index is 11.2. The van der Waals surface area contributed by atoms with Crippen LogP contribution in [0.25, 0.3) is 0 Å². The van der Waals surface area contributed by atoms with Crippen molar-refractivity contribution in [2.24, 2.45) is 0 Å². The molecule has 2 rings (SSSR count). The SMILES string of the molecule is CC1(C(=O)O)CCCN1C1CCCC1. The van der Waals surface area contributed by atoms with Crippen molar-refractivity contribution in [1.29, 1.82) is 0 Å². The Bertz CT molecular complexity index is 235. The van der Waals surface area contributed by atoms with Crippen molar-refractivity contribution < 1.29 is 9.90 Å². The molecule has 1 unspecified atom stereocenters. The fourth-order valence-electron chi connectivity index (χ4n) is 3.02. The number of hydrogen-bond donors (Lipinski definition) is 1. The maximum Gasteiger partial charge on any atom is 0.323 e. The summed E-state index contributed by atoms with van der Waals surface area (Å²) in [5, 5.41) is 9.26. The van der Waals surface area contributed by atoms with Gasteiger partial charge in [-0.3, -0.25) is 9.69 Å². The number of carbonyl (C=O) groups is 1. The van der Waals surface area contributed by atoms with E-state index in [0.29, 0.717) is 6.04 Å². The van der Waals surface area contributed by atoms with E-state index < -0.39 is 11.5 Å². The fraction of sp³-hybridized carbons (Fsp3) is 0.909. The summed E-state index contributed by atoms with van der Waals surface area (Å²) < 4.78 is 0. The van der Waals surface area contributed by atoms with E-state index in [9.17, 15) is 9.90 Å². The Kier molecular flexibility index (Phi) is 2.52. The molecule has 1 saturated heterocycles. The van der Waals surface area contributed by atoms with Gasteiger partial charge < -0.3 is 5.11 Å². The molecule has 14 heavy (non-hydrogen) atoms. The predicted octanol–water partition coefficient (Wildman–Crippen LogP) is 1.87. The fourth-order valence-corrected chi connectivity index (χ4v) is 3.02. The van der Waals surface area contributed by atoms with Gasteiger partial charge >= 0.3 is 5.97 Å². The second-order valence-corrected chi connectivity index (χ2v) is 4.81. The number of nitrogens with zero attached hydrogens (tertiary/aromatic N) is 1. The summed E-state index contributed by atoms with van der Waals surface area (Å²) in [5.41, 5.74) is -0.574. The zero-order chi connectivity index (χ0) is 10.2. The molecule has 0 spiro atoms. The molecule has 0 amide bonds. The van der Waals surface area contributed by atoms with Gasteiger partial charge in [0.05, 0.1) is 0 Å². The molecule has 1 aliphatic heterocycles. The first-order valence-electron chi connectivity index (χ1n) is 5.65. The van der Waals surface area contributed by atoms with Gasteiger partial charge in [-0.2, -0.15) is 0 Å². The predicted molar refractivity (Wildman–Crippen MR) is 54.2 cm³/mol. The van der Waals surface area contributed by atoms with Gasteiger partial charge in [-0.25, -0.2) is 0 Å². The lowest BCUT2D eigenvalue weighted by molar-refractivity contribution is -0.149. The summed E-state index contributed by atoms with van der Waals surface area (Å²) in [6.07, 6.45) is 6.80. The van der Waals surface area contributed by atoms with Gasteiger partial charge in [0, 0.05) is 6.04 Å². The van der Waals surface area contributed by atoms with Gasteiger partial charge in [0.2, 0.25) is 0 Å². The third-order valence-corrected chi connectivity index (χ3v) is 3.92. The summed E-state index contributed by atoms with van der Waals surface area (Å²) in [6, 6.07) is 0.540. The molecule has 3 nitrogen and oxygen atoms in total. The summed E-state index contributed by atoms with van der Waals surface area (Å²) in [4.78, 5) is 13.5. The number of hydrogen-bond acceptors (Lipinski definition) is 2. The molecule has 0 aromatic carbocycles. The van der Waals surface area contributed by atoms with Crippen molar-refractivity contribution in [2.45, 2.75) is 57.0 Å². The minimum atomic E-state index is -0.637. The molecule has 2 aliphatic rings. The van der Waals surface area contributed by atoms with Crippen LogP contribution in [0.5, 0.6) is 0 Å². The first kappa shape index (κ1) is 9.97. The van der Waals surface area contributed by atoms with Crippen LogP contribution in [0.2, 0.25) is 0 Å². The third kappa shape index (κ3) is 1.44. The van der Waals surface area contributed by atoms with E-state index in [2.05, 4.69) is 4.90 Å². The Labute approximate surface area is 85.1 Å². The monoisotopic (exact) mass is 197 g/mol. The lowest BCUT2D eigenvalue weighted by atomic mass is 9.97. The molecule has 0 radical (unpaired) electrons. The minimum absolute atomic E-state index is 0.540. The summed E-state index contributed by atoms with van der Waals surface area (Å²) in [7, 11) is 0. The standard InChI is InChI=1S/C11H19NO2/c1-11(10(13)14)7-4-8-12(11)9-5-2-3-6-9/h9H,2-8H2,1H3,(H,13,14). The van der Waals surface area contributed by atoms with E-state index in [-0.39, 0.29) is 0 Å². The lowest BCUT2D eigenvalue weighted by Gasteiger charge is -2.35. The van der Waals surface area contributed by atoms with E-state index in [1.54, 1.807) is 0 Å². The van der Waals surface area contributed by atoms with Crippen molar-refractivity contribution in [2.75, 3.05) is 6.54 Å². The van der Waals surface area contributed by atoms with E-state index >= 15 is 0 Å². The summed E-state index contributed by atoms with van der Waals surface area (Å²) in [5.74, 6) is -0.637. The highest BCUT2D eigenvalue weighted by Gasteiger charge is 2.46. The molecular weight excluding hydrogens is 178 g/mol. The normalized spacial score (nSPS) is 35.2. The van der Waals surface area contributed by atoms with Gasteiger partial charge in [0.15, 0.2) is 0 Å². The van der Waals surface area contributed by atoms with Crippen LogP contribution in [0.4, 0.5) is 0 Å². The summed E-state index contributed by atoms with van der Waals surface area (Å²) in [6.45, 7) is 2.87. The van der Waals surface area contributed by atoms with Gasteiger partial charge in [-0.05, 0) is 39.2 Å². The lowest BCUT2D eigenvalue weighted by Crippen LogP contribution is -2.51. The van der Waals surface area contributed by atoms with Crippen LogP contribution in [0.1, 0.15) is 45.4 Å². The molecule has 0 aromatic heterocycles. The van der Waals surface area contributed by atoms with Crippen molar-refractivity contribution in [3.05, 3.63) is 0 Å². The number of rotatable bonds is 2. The maximum absolute atomic E-state index is 11.2. The van der Waals surface area contributed by atoms with Crippen LogP contribution >= 0.6 is 0 Å². The average Bonchev–Trinajstić information content (AvgIpc) is 2.72. The third-order valence-electron chi connectivity index (χ3n) is 3.92. The van der Waals surface area contributed by atoms with Crippen molar-refractivity contribution in [3.63, 3.8) is 0 Å². The van der Waals surface area contributed by atoms with E-state index in [1.165, 1.54) is 25.7 Å². The molecule has 0 aromatic rings. The van der Waals surface area contributed by atoms with Crippen LogP contribution in [-0.4, -0.2) is 34.1 Å². The quantitative estimate of drug-likeness (QED) is 0.734. The molecular formula is C11H19NO2. The number of carboxylic acids is 1. The van der Waals surface area contributed by atoms with E-state index in [0.717, 1.165) is 19.4 Å². The average molecular weight is 197 g/mol. The van der Waals surface area contributed by atoms with Gasteiger partial charge in [-0.15, -0.1) is 0 Å². The van der Waals surface area contributed by atoms with Crippen molar-refractivity contribution in [1.82, 2.24) is 4.90 Å². The first-order chi connectivity index (χ1) is 6.64. The molecule has 1 N–H and O–H groups in total. The number of carboxylic acid groups (broad SMARTS) is 1. The van der Waals surface area contributed by atoms with Gasteiger partial charge in [-0.1, -0.05) is 12.8 Å². The second kappa shape index (κ2) is 3.54. The van der Waals surface area contributed by atoms with E-state index in [4.69, 9.17) is 0 Å².